The number of halogens is 2. The van der Waals surface area contributed by atoms with Crippen molar-refractivity contribution in [1.29, 1.82) is 0 Å². The molecule has 2 aromatic carbocycles. The highest BCUT2D eigenvalue weighted by Crippen LogP contribution is 2.15. The van der Waals surface area contributed by atoms with E-state index in [0.717, 1.165) is 10.6 Å². The Labute approximate surface area is 145 Å². The van der Waals surface area contributed by atoms with Crippen LogP contribution < -0.4 is 5.32 Å². The minimum Gasteiger partial charge on any atom is -0.322 e. The Morgan fingerprint density at radius 2 is 1.79 bits per heavy atom. The lowest BCUT2D eigenvalue weighted by molar-refractivity contribution is -0.116. The number of sulfonamides is 1. The van der Waals surface area contributed by atoms with E-state index in [9.17, 15) is 17.6 Å². The van der Waals surface area contributed by atoms with Gasteiger partial charge in [0, 0.05) is 11.6 Å². The van der Waals surface area contributed by atoms with Gasteiger partial charge in [-0.2, -0.15) is 4.31 Å². The van der Waals surface area contributed by atoms with Crippen molar-refractivity contribution in [2.24, 2.45) is 0 Å². The predicted octanol–water partition coefficient (Wildman–Crippen LogP) is 2.88. The molecule has 128 valence electrons. The molecule has 0 aliphatic carbocycles. The summed E-state index contributed by atoms with van der Waals surface area (Å²) in [5.74, 6) is -1.21. The fourth-order valence-corrected chi connectivity index (χ4v) is 2.86. The number of hydrogen-bond donors (Lipinski definition) is 1. The highest BCUT2D eigenvalue weighted by atomic mass is 35.5. The second-order valence-corrected chi connectivity index (χ2v) is 7.60. The van der Waals surface area contributed by atoms with Crippen LogP contribution in [0.15, 0.2) is 48.5 Å². The van der Waals surface area contributed by atoms with Gasteiger partial charge in [0.25, 0.3) is 0 Å². The number of rotatable bonds is 6. The van der Waals surface area contributed by atoms with E-state index in [1.807, 2.05) is 0 Å². The maximum absolute atomic E-state index is 13.5. The standard InChI is InChI=1S/C16H16ClFN2O3S/c1-24(22,23)20(10-12-6-8-13(17)9-7-12)11-16(21)19-15-5-3-2-4-14(15)18/h2-9H,10-11H2,1H3,(H,19,21). The Bertz CT molecular complexity index is 825. The molecule has 0 bridgehead atoms. The molecular weight excluding hydrogens is 355 g/mol. The van der Waals surface area contributed by atoms with Crippen molar-refractivity contribution in [3.05, 3.63) is 64.9 Å². The maximum Gasteiger partial charge on any atom is 0.239 e. The molecular formula is C16H16ClFN2O3S. The van der Waals surface area contributed by atoms with Crippen LogP contribution in [-0.2, 0) is 21.4 Å². The van der Waals surface area contributed by atoms with E-state index in [-0.39, 0.29) is 12.2 Å². The first-order valence-electron chi connectivity index (χ1n) is 6.99. The molecule has 0 heterocycles. The summed E-state index contributed by atoms with van der Waals surface area (Å²) in [6.45, 7) is -0.406. The number of carbonyl (C=O) groups excluding carboxylic acids is 1. The molecule has 0 unspecified atom stereocenters. The molecule has 8 heteroatoms. The molecule has 5 nitrogen and oxygen atoms in total. The molecule has 0 radical (unpaired) electrons. The SMILES string of the molecule is CS(=O)(=O)N(CC(=O)Nc1ccccc1F)Cc1ccc(Cl)cc1. The van der Waals surface area contributed by atoms with Crippen molar-refractivity contribution < 1.29 is 17.6 Å². The zero-order chi connectivity index (χ0) is 17.7. The van der Waals surface area contributed by atoms with Gasteiger partial charge in [-0.3, -0.25) is 4.79 Å². The molecule has 0 saturated carbocycles. The lowest BCUT2D eigenvalue weighted by Gasteiger charge is -2.19. The zero-order valence-electron chi connectivity index (χ0n) is 12.9. The van der Waals surface area contributed by atoms with Crippen molar-refractivity contribution in [2.45, 2.75) is 6.54 Å². The molecule has 0 aromatic heterocycles. The van der Waals surface area contributed by atoms with E-state index >= 15 is 0 Å². The van der Waals surface area contributed by atoms with Crippen molar-refractivity contribution >= 4 is 33.2 Å². The van der Waals surface area contributed by atoms with Gasteiger partial charge >= 0.3 is 0 Å². The molecule has 0 fully saturated rings. The first-order chi connectivity index (χ1) is 11.3. The Balaban J connectivity index is 2.10. The molecule has 24 heavy (non-hydrogen) atoms. The summed E-state index contributed by atoms with van der Waals surface area (Å²) in [6.07, 6.45) is 1.01. The number of benzene rings is 2. The summed E-state index contributed by atoms with van der Waals surface area (Å²) in [6, 6.07) is 12.3. The van der Waals surface area contributed by atoms with Crippen molar-refractivity contribution in [3.63, 3.8) is 0 Å². The second-order valence-electron chi connectivity index (χ2n) is 5.19. The smallest absolute Gasteiger partial charge is 0.239 e. The Morgan fingerprint density at radius 1 is 1.17 bits per heavy atom. The molecule has 2 rings (SSSR count). The number of para-hydroxylation sites is 1. The minimum atomic E-state index is -3.62. The van der Waals surface area contributed by atoms with Gasteiger partial charge in [0.2, 0.25) is 15.9 Å². The summed E-state index contributed by atoms with van der Waals surface area (Å²) >= 11 is 5.80. The molecule has 2 aromatic rings. The van der Waals surface area contributed by atoms with Gasteiger partial charge in [-0.05, 0) is 29.8 Å². The lowest BCUT2D eigenvalue weighted by Crippen LogP contribution is -2.37. The third-order valence-electron chi connectivity index (χ3n) is 3.21. The van der Waals surface area contributed by atoms with Crippen molar-refractivity contribution in [1.82, 2.24) is 4.31 Å². The summed E-state index contributed by atoms with van der Waals surface area (Å²) < 4.78 is 38.4. The zero-order valence-corrected chi connectivity index (χ0v) is 14.4. The third-order valence-corrected chi connectivity index (χ3v) is 4.66. The molecule has 0 aliphatic rings. The van der Waals surface area contributed by atoms with Crippen molar-refractivity contribution in [2.75, 3.05) is 18.1 Å². The maximum atomic E-state index is 13.5. The van der Waals surface area contributed by atoms with E-state index in [1.165, 1.54) is 18.2 Å². The Kier molecular flexibility index (Phi) is 5.93. The normalized spacial score (nSPS) is 11.5. The molecule has 0 saturated heterocycles. The van der Waals surface area contributed by atoms with E-state index in [2.05, 4.69) is 5.32 Å². The fraction of sp³-hybridized carbons (Fsp3) is 0.188. The van der Waals surface area contributed by atoms with Crippen LogP contribution in [0.4, 0.5) is 10.1 Å². The van der Waals surface area contributed by atoms with Gasteiger partial charge in [0.1, 0.15) is 5.82 Å². The summed E-state index contributed by atoms with van der Waals surface area (Å²) in [7, 11) is -3.62. The van der Waals surface area contributed by atoms with Gasteiger partial charge in [-0.15, -0.1) is 0 Å². The van der Waals surface area contributed by atoms with Gasteiger partial charge in [-0.1, -0.05) is 35.9 Å². The average Bonchev–Trinajstić information content (AvgIpc) is 2.50. The highest BCUT2D eigenvalue weighted by molar-refractivity contribution is 7.88. The van der Waals surface area contributed by atoms with Crippen LogP contribution in [0, 0.1) is 5.82 Å². The van der Waals surface area contributed by atoms with Gasteiger partial charge in [0.15, 0.2) is 0 Å². The number of nitrogens with zero attached hydrogens (tertiary/aromatic N) is 1. The third kappa shape index (κ3) is 5.30. The molecule has 1 amide bonds. The van der Waals surface area contributed by atoms with Crippen LogP contribution in [0.3, 0.4) is 0 Å². The van der Waals surface area contributed by atoms with E-state index in [1.54, 1.807) is 30.3 Å². The number of carbonyl (C=O) groups is 1. The predicted molar refractivity (Wildman–Crippen MR) is 91.7 cm³/mol. The first kappa shape index (κ1) is 18.4. The highest BCUT2D eigenvalue weighted by Gasteiger charge is 2.21. The number of anilines is 1. The van der Waals surface area contributed by atoms with E-state index < -0.39 is 28.3 Å². The van der Waals surface area contributed by atoms with Crippen molar-refractivity contribution in [3.8, 4) is 0 Å². The number of nitrogens with one attached hydrogen (secondary N) is 1. The largest absolute Gasteiger partial charge is 0.322 e. The van der Waals surface area contributed by atoms with Crippen LogP contribution in [-0.4, -0.2) is 31.4 Å². The van der Waals surface area contributed by atoms with Crippen LogP contribution in [0.2, 0.25) is 5.02 Å². The van der Waals surface area contributed by atoms with Gasteiger partial charge < -0.3 is 5.32 Å². The number of hydrogen-bond acceptors (Lipinski definition) is 3. The Morgan fingerprint density at radius 3 is 2.38 bits per heavy atom. The van der Waals surface area contributed by atoms with Crippen LogP contribution in [0.1, 0.15) is 5.56 Å². The summed E-state index contributed by atoms with van der Waals surface area (Å²) in [5.41, 5.74) is 0.686. The number of amides is 1. The summed E-state index contributed by atoms with van der Waals surface area (Å²) in [5, 5.41) is 2.90. The summed E-state index contributed by atoms with van der Waals surface area (Å²) in [4.78, 5) is 12.1. The minimum absolute atomic E-state index is 0.00226. The topological polar surface area (TPSA) is 66.5 Å². The van der Waals surface area contributed by atoms with Crippen LogP contribution in [0.25, 0.3) is 0 Å². The molecule has 0 spiro atoms. The first-order valence-corrected chi connectivity index (χ1v) is 9.22. The Hall–Kier alpha value is -1.96. The van der Waals surface area contributed by atoms with Gasteiger partial charge in [-0.25, -0.2) is 12.8 Å². The van der Waals surface area contributed by atoms with Crippen LogP contribution >= 0.6 is 11.6 Å². The van der Waals surface area contributed by atoms with Gasteiger partial charge in [0.05, 0.1) is 18.5 Å². The van der Waals surface area contributed by atoms with E-state index in [0.29, 0.717) is 10.6 Å². The monoisotopic (exact) mass is 370 g/mol. The second kappa shape index (κ2) is 7.74. The van der Waals surface area contributed by atoms with E-state index in [4.69, 9.17) is 11.6 Å². The quantitative estimate of drug-likeness (QED) is 0.850. The molecule has 0 aliphatic heterocycles. The lowest BCUT2D eigenvalue weighted by atomic mass is 10.2. The molecule has 1 N–H and O–H groups in total. The molecule has 0 atom stereocenters. The fourth-order valence-electron chi connectivity index (χ4n) is 2.00. The average molecular weight is 371 g/mol. The van der Waals surface area contributed by atoms with Crippen LogP contribution in [0.5, 0.6) is 0 Å².